The number of benzene rings is 5. The normalized spacial score (nSPS) is 13.9. The van der Waals surface area contributed by atoms with Gasteiger partial charge in [0, 0.05) is 10.9 Å². The Morgan fingerprint density at radius 1 is 0.590 bits per heavy atom. The second-order valence-electron chi connectivity index (χ2n) is 9.93. The van der Waals surface area contributed by atoms with E-state index in [4.69, 9.17) is 4.98 Å². The molecule has 0 saturated heterocycles. The first kappa shape index (κ1) is 23.8. The molecule has 1 nitrogen and oxygen atoms in total. The highest BCUT2D eigenvalue weighted by Gasteiger charge is 2.19. The van der Waals surface area contributed by atoms with Crippen LogP contribution in [0.2, 0.25) is 0 Å². The molecule has 0 spiro atoms. The van der Waals surface area contributed by atoms with Crippen LogP contribution >= 0.6 is 7.92 Å². The average Bonchev–Trinajstić information content (AvgIpc) is 3.02. The van der Waals surface area contributed by atoms with Gasteiger partial charge in [-0.25, -0.2) is 4.98 Å². The minimum atomic E-state index is -0.639. The molecule has 1 aliphatic carbocycles. The summed E-state index contributed by atoms with van der Waals surface area (Å²) in [5.74, 6) is 0. The molecule has 5 aromatic carbocycles. The SMILES string of the molecule is C1=CC(P(c2ccccc2)c2cccc(-c3cc(-c4ccccc4)c4c(ccc5ccccc54)n3)c2)=CCC1. The lowest BCUT2D eigenvalue weighted by molar-refractivity contribution is 1.03. The largest absolute Gasteiger partial charge is 0.248 e. The Labute approximate surface area is 230 Å². The Kier molecular flexibility index (Phi) is 6.37. The van der Waals surface area contributed by atoms with Gasteiger partial charge in [-0.1, -0.05) is 127 Å². The van der Waals surface area contributed by atoms with Crippen LogP contribution in [0.1, 0.15) is 12.8 Å². The van der Waals surface area contributed by atoms with Crippen LogP contribution in [0.5, 0.6) is 0 Å². The Morgan fingerprint density at radius 3 is 2.15 bits per heavy atom. The molecule has 0 radical (unpaired) electrons. The minimum absolute atomic E-state index is 0.639. The summed E-state index contributed by atoms with van der Waals surface area (Å²) in [5, 5.41) is 7.86. The van der Waals surface area contributed by atoms with Gasteiger partial charge >= 0.3 is 0 Å². The molecular weight excluding hydrogens is 489 g/mol. The Balaban J connectivity index is 1.43. The molecule has 39 heavy (non-hydrogen) atoms. The van der Waals surface area contributed by atoms with Crippen molar-refractivity contribution in [3.05, 3.63) is 151 Å². The van der Waals surface area contributed by atoms with Gasteiger partial charge in [-0.2, -0.15) is 0 Å². The summed E-state index contributed by atoms with van der Waals surface area (Å²) in [6.45, 7) is 0. The van der Waals surface area contributed by atoms with Gasteiger partial charge in [0.15, 0.2) is 0 Å². The van der Waals surface area contributed by atoms with Gasteiger partial charge in [-0.05, 0) is 76.8 Å². The smallest absolute Gasteiger partial charge is 0.0722 e. The molecular formula is C37H28NP. The molecule has 0 amide bonds. The first-order chi connectivity index (χ1) is 19.3. The van der Waals surface area contributed by atoms with Crippen molar-refractivity contribution in [1.82, 2.24) is 4.98 Å². The summed E-state index contributed by atoms with van der Waals surface area (Å²) in [4.78, 5) is 5.25. The summed E-state index contributed by atoms with van der Waals surface area (Å²) in [6, 6.07) is 46.0. The fourth-order valence-electron chi connectivity index (χ4n) is 5.59. The third-order valence-electron chi connectivity index (χ3n) is 7.43. The van der Waals surface area contributed by atoms with Crippen molar-refractivity contribution in [3.8, 4) is 22.4 Å². The molecule has 0 fully saturated rings. The van der Waals surface area contributed by atoms with Crippen molar-refractivity contribution in [1.29, 1.82) is 0 Å². The number of rotatable bonds is 5. The highest BCUT2D eigenvalue weighted by atomic mass is 31.1. The van der Waals surface area contributed by atoms with Gasteiger partial charge in [-0.15, -0.1) is 0 Å². The van der Waals surface area contributed by atoms with Crippen molar-refractivity contribution >= 4 is 40.2 Å². The number of hydrogen-bond acceptors (Lipinski definition) is 1. The van der Waals surface area contributed by atoms with E-state index in [0.29, 0.717) is 0 Å². The van der Waals surface area contributed by atoms with Crippen LogP contribution < -0.4 is 10.6 Å². The molecule has 0 saturated carbocycles. The number of hydrogen-bond donors (Lipinski definition) is 0. The number of nitrogens with zero attached hydrogens (tertiary/aromatic N) is 1. The van der Waals surface area contributed by atoms with Crippen LogP contribution in [-0.4, -0.2) is 4.98 Å². The zero-order valence-electron chi connectivity index (χ0n) is 21.7. The number of pyridine rings is 1. The third-order valence-corrected chi connectivity index (χ3v) is 9.89. The predicted octanol–water partition coefficient (Wildman–Crippen LogP) is 9.39. The highest BCUT2D eigenvalue weighted by Crippen LogP contribution is 2.46. The third kappa shape index (κ3) is 4.60. The summed E-state index contributed by atoms with van der Waals surface area (Å²) in [6.07, 6.45) is 9.32. The van der Waals surface area contributed by atoms with Gasteiger partial charge in [-0.3, -0.25) is 0 Å². The van der Waals surface area contributed by atoms with Gasteiger partial charge in [0.1, 0.15) is 0 Å². The lowest BCUT2D eigenvalue weighted by Gasteiger charge is -2.22. The average molecular weight is 518 g/mol. The summed E-state index contributed by atoms with van der Waals surface area (Å²) >= 11 is 0. The second-order valence-corrected chi connectivity index (χ2v) is 12.2. The van der Waals surface area contributed by atoms with Gasteiger partial charge in [0.05, 0.1) is 11.2 Å². The van der Waals surface area contributed by atoms with Crippen molar-refractivity contribution < 1.29 is 0 Å². The quantitative estimate of drug-likeness (QED) is 0.164. The Morgan fingerprint density at radius 2 is 1.33 bits per heavy atom. The highest BCUT2D eigenvalue weighted by molar-refractivity contribution is 7.77. The lowest BCUT2D eigenvalue weighted by Crippen LogP contribution is -2.13. The van der Waals surface area contributed by atoms with Gasteiger partial charge in [0.2, 0.25) is 0 Å². The molecule has 0 aliphatic heterocycles. The van der Waals surface area contributed by atoms with Gasteiger partial charge < -0.3 is 0 Å². The molecule has 7 rings (SSSR count). The van der Waals surface area contributed by atoms with E-state index in [2.05, 4.69) is 146 Å². The predicted molar refractivity (Wildman–Crippen MR) is 169 cm³/mol. The summed E-state index contributed by atoms with van der Waals surface area (Å²) in [5.41, 5.74) is 5.63. The number of fused-ring (bicyclic) bond motifs is 3. The zero-order valence-corrected chi connectivity index (χ0v) is 22.6. The molecule has 1 unspecified atom stereocenters. The minimum Gasteiger partial charge on any atom is -0.248 e. The molecule has 0 bridgehead atoms. The van der Waals surface area contributed by atoms with E-state index in [1.54, 1.807) is 0 Å². The van der Waals surface area contributed by atoms with Crippen LogP contribution in [0.15, 0.2) is 151 Å². The zero-order chi connectivity index (χ0) is 26.0. The van der Waals surface area contributed by atoms with E-state index in [0.717, 1.165) is 29.6 Å². The summed E-state index contributed by atoms with van der Waals surface area (Å²) < 4.78 is 0. The number of allylic oxidation sites excluding steroid dienone is 4. The fraction of sp³-hybridized carbons (Fsp3) is 0.0541. The van der Waals surface area contributed by atoms with E-state index >= 15 is 0 Å². The Hall–Kier alpha value is -4.32. The molecule has 1 aromatic heterocycles. The van der Waals surface area contributed by atoms with Gasteiger partial charge in [0.25, 0.3) is 0 Å². The maximum absolute atomic E-state index is 5.25. The molecule has 0 N–H and O–H groups in total. The van der Waals surface area contributed by atoms with Crippen molar-refractivity contribution in [2.24, 2.45) is 0 Å². The maximum Gasteiger partial charge on any atom is 0.0722 e. The first-order valence-electron chi connectivity index (χ1n) is 13.6. The molecule has 2 heteroatoms. The van der Waals surface area contributed by atoms with Crippen LogP contribution in [0.25, 0.3) is 44.1 Å². The monoisotopic (exact) mass is 517 g/mol. The van der Waals surface area contributed by atoms with Crippen molar-refractivity contribution in [2.75, 3.05) is 0 Å². The molecule has 186 valence electrons. The van der Waals surface area contributed by atoms with E-state index in [1.165, 1.54) is 43.2 Å². The van der Waals surface area contributed by atoms with E-state index in [1.807, 2.05) is 0 Å². The van der Waals surface area contributed by atoms with Crippen LogP contribution in [0, 0.1) is 0 Å². The molecule has 1 atom stereocenters. The van der Waals surface area contributed by atoms with Crippen molar-refractivity contribution in [2.45, 2.75) is 12.8 Å². The standard InChI is InChI=1S/C37H28NP/c1-4-13-27(14-5-1)34-26-36(38-35-24-23-28-15-10-11-22-33(28)37(34)35)29-16-12-21-32(25-29)39(30-17-6-2-7-18-30)31-19-8-3-9-20-31/h1-2,4-8,10-26H,3,9H2. The topological polar surface area (TPSA) is 12.9 Å². The lowest BCUT2D eigenvalue weighted by atomic mass is 9.94. The fourth-order valence-corrected chi connectivity index (χ4v) is 8.03. The van der Waals surface area contributed by atoms with E-state index in [-0.39, 0.29) is 0 Å². The number of aromatic nitrogens is 1. The van der Waals surface area contributed by atoms with Crippen LogP contribution in [0.3, 0.4) is 0 Å². The maximum atomic E-state index is 5.25. The molecule has 1 aliphatic rings. The van der Waals surface area contributed by atoms with E-state index < -0.39 is 7.92 Å². The Bertz CT molecular complexity index is 1850. The first-order valence-corrected chi connectivity index (χ1v) is 14.9. The summed E-state index contributed by atoms with van der Waals surface area (Å²) in [7, 11) is -0.639. The van der Waals surface area contributed by atoms with Crippen LogP contribution in [0.4, 0.5) is 0 Å². The van der Waals surface area contributed by atoms with E-state index in [9.17, 15) is 0 Å². The second kappa shape index (κ2) is 10.4. The molecule has 6 aromatic rings. The van der Waals surface area contributed by atoms with Crippen LogP contribution in [-0.2, 0) is 0 Å². The molecule has 1 heterocycles. The van der Waals surface area contributed by atoms with Crippen molar-refractivity contribution in [3.63, 3.8) is 0 Å².